The maximum absolute atomic E-state index is 10.7. The van der Waals surface area contributed by atoms with Crippen molar-refractivity contribution in [1.29, 1.82) is 0 Å². The molecule has 2 bridgehead atoms. The summed E-state index contributed by atoms with van der Waals surface area (Å²) in [5, 5.41) is 4.02. The van der Waals surface area contributed by atoms with Gasteiger partial charge in [0.05, 0.1) is 0 Å². The lowest BCUT2D eigenvalue weighted by atomic mass is 9.73. The van der Waals surface area contributed by atoms with Crippen LogP contribution in [0.25, 0.3) is 0 Å². The van der Waals surface area contributed by atoms with Gasteiger partial charge in [-0.05, 0) is 38.9 Å². The number of carbonyl (C=O) groups excluding carboxylic acids is 1. The SMILES string of the molecule is CC(=O)N/N=C/C12CCN(CC1)CC2. The number of hydrazone groups is 1. The summed E-state index contributed by atoms with van der Waals surface area (Å²) in [4.78, 5) is 13.1. The van der Waals surface area contributed by atoms with Crippen molar-refractivity contribution in [3.8, 4) is 0 Å². The molecule has 0 aromatic heterocycles. The van der Waals surface area contributed by atoms with Gasteiger partial charge in [-0.25, -0.2) is 5.43 Å². The summed E-state index contributed by atoms with van der Waals surface area (Å²) in [6.45, 7) is 5.04. The lowest BCUT2D eigenvalue weighted by Gasteiger charge is -2.46. The highest BCUT2D eigenvalue weighted by Crippen LogP contribution is 2.38. The van der Waals surface area contributed by atoms with Crippen LogP contribution in [-0.2, 0) is 4.79 Å². The molecule has 1 N–H and O–H groups in total. The van der Waals surface area contributed by atoms with Crippen LogP contribution in [0.2, 0.25) is 0 Å². The number of nitrogens with one attached hydrogen (secondary N) is 1. The number of piperidine rings is 3. The van der Waals surface area contributed by atoms with Crippen LogP contribution in [0.15, 0.2) is 5.10 Å². The molecule has 0 aliphatic carbocycles. The fourth-order valence-corrected chi connectivity index (χ4v) is 2.31. The Morgan fingerprint density at radius 3 is 2.43 bits per heavy atom. The average molecular weight is 195 g/mol. The first kappa shape index (κ1) is 9.65. The predicted molar refractivity (Wildman–Crippen MR) is 55.0 cm³/mol. The van der Waals surface area contributed by atoms with Gasteiger partial charge in [-0.1, -0.05) is 0 Å². The summed E-state index contributed by atoms with van der Waals surface area (Å²) < 4.78 is 0. The first-order valence-electron chi connectivity index (χ1n) is 5.23. The van der Waals surface area contributed by atoms with Gasteiger partial charge in [0.1, 0.15) is 0 Å². The van der Waals surface area contributed by atoms with Crippen LogP contribution in [0, 0.1) is 5.41 Å². The standard InChI is InChI=1S/C10H17N3O/c1-9(14)12-11-8-10-2-5-13(6-3-10)7-4-10/h8H,2-7H2,1H3,(H,12,14)/b11-8+. The van der Waals surface area contributed by atoms with E-state index in [4.69, 9.17) is 0 Å². The molecule has 3 saturated heterocycles. The van der Waals surface area contributed by atoms with Crippen molar-refractivity contribution in [1.82, 2.24) is 10.3 Å². The molecule has 0 aromatic carbocycles. The van der Waals surface area contributed by atoms with Crippen LogP contribution in [0.3, 0.4) is 0 Å². The minimum absolute atomic E-state index is 0.0918. The summed E-state index contributed by atoms with van der Waals surface area (Å²) in [6.07, 6.45) is 5.53. The number of rotatable bonds is 2. The van der Waals surface area contributed by atoms with Crippen LogP contribution >= 0.6 is 0 Å². The Morgan fingerprint density at radius 1 is 1.36 bits per heavy atom. The molecule has 4 nitrogen and oxygen atoms in total. The molecule has 3 aliphatic heterocycles. The van der Waals surface area contributed by atoms with Crippen LogP contribution < -0.4 is 5.43 Å². The average Bonchev–Trinajstić information content (AvgIpc) is 2.19. The van der Waals surface area contributed by atoms with Crippen molar-refractivity contribution in [2.24, 2.45) is 10.5 Å². The van der Waals surface area contributed by atoms with E-state index in [9.17, 15) is 4.79 Å². The minimum Gasteiger partial charge on any atom is -0.303 e. The highest BCUT2D eigenvalue weighted by Gasteiger charge is 2.37. The maximum Gasteiger partial charge on any atom is 0.236 e. The third-order valence-electron chi connectivity index (χ3n) is 3.34. The molecule has 0 unspecified atom stereocenters. The van der Waals surface area contributed by atoms with Crippen LogP contribution in [-0.4, -0.2) is 36.7 Å². The number of hydrogen-bond donors (Lipinski definition) is 1. The molecule has 0 atom stereocenters. The van der Waals surface area contributed by atoms with E-state index < -0.39 is 0 Å². The van der Waals surface area contributed by atoms with E-state index in [2.05, 4.69) is 15.4 Å². The topological polar surface area (TPSA) is 44.7 Å². The lowest BCUT2D eigenvalue weighted by molar-refractivity contribution is -0.118. The highest BCUT2D eigenvalue weighted by molar-refractivity contribution is 5.75. The summed E-state index contributed by atoms with van der Waals surface area (Å²) in [5.74, 6) is -0.0918. The van der Waals surface area contributed by atoms with Gasteiger partial charge in [0.25, 0.3) is 0 Å². The number of nitrogens with zero attached hydrogens (tertiary/aromatic N) is 2. The molecule has 4 heteroatoms. The number of hydrogen-bond acceptors (Lipinski definition) is 3. The van der Waals surface area contributed by atoms with Gasteiger partial charge in [0.2, 0.25) is 5.91 Å². The molecular weight excluding hydrogens is 178 g/mol. The van der Waals surface area contributed by atoms with Gasteiger partial charge in [-0.3, -0.25) is 4.79 Å². The van der Waals surface area contributed by atoms with Crippen LogP contribution in [0.1, 0.15) is 26.2 Å². The molecule has 1 amide bonds. The summed E-state index contributed by atoms with van der Waals surface area (Å²) in [7, 11) is 0. The van der Waals surface area contributed by atoms with E-state index in [0.717, 1.165) is 0 Å². The van der Waals surface area contributed by atoms with Gasteiger partial charge in [-0.2, -0.15) is 5.10 Å². The maximum atomic E-state index is 10.7. The van der Waals surface area contributed by atoms with Crippen LogP contribution in [0.5, 0.6) is 0 Å². The smallest absolute Gasteiger partial charge is 0.236 e. The van der Waals surface area contributed by atoms with Gasteiger partial charge >= 0.3 is 0 Å². The molecule has 78 valence electrons. The molecule has 14 heavy (non-hydrogen) atoms. The Balaban J connectivity index is 1.94. The molecule has 0 saturated carbocycles. The summed E-state index contributed by atoms with van der Waals surface area (Å²) in [6, 6.07) is 0. The Bertz CT molecular complexity index is 240. The largest absolute Gasteiger partial charge is 0.303 e. The van der Waals surface area contributed by atoms with Crippen molar-refractivity contribution in [2.75, 3.05) is 19.6 Å². The second-order valence-electron chi connectivity index (χ2n) is 4.38. The number of fused-ring (bicyclic) bond motifs is 3. The fraction of sp³-hybridized carbons (Fsp3) is 0.800. The zero-order chi connectivity index (χ0) is 10.0. The third kappa shape index (κ3) is 1.95. The molecule has 3 rings (SSSR count). The van der Waals surface area contributed by atoms with Crippen LogP contribution in [0.4, 0.5) is 0 Å². The highest BCUT2D eigenvalue weighted by atomic mass is 16.2. The van der Waals surface area contributed by atoms with Gasteiger partial charge in [-0.15, -0.1) is 0 Å². The molecule has 0 spiro atoms. The Labute approximate surface area is 84.3 Å². The van der Waals surface area contributed by atoms with Gasteiger partial charge in [0.15, 0.2) is 0 Å². The minimum atomic E-state index is -0.0918. The lowest BCUT2D eigenvalue weighted by Crippen LogP contribution is -2.49. The van der Waals surface area contributed by atoms with Gasteiger partial charge < -0.3 is 4.90 Å². The molecule has 3 fully saturated rings. The fourth-order valence-electron chi connectivity index (χ4n) is 2.31. The van der Waals surface area contributed by atoms with E-state index in [0.29, 0.717) is 0 Å². The van der Waals surface area contributed by atoms with E-state index in [1.807, 2.05) is 6.21 Å². The normalized spacial score (nSPS) is 36.2. The summed E-state index contributed by atoms with van der Waals surface area (Å²) in [5.41, 5.74) is 2.76. The summed E-state index contributed by atoms with van der Waals surface area (Å²) >= 11 is 0. The van der Waals surface area contributed by atoms with Crippen molar-refractivity contribution in [3.05, 3.63) is 0 Å². The van der Waals surface area contributed by atoms with Crippen molar-refractivity contribution < 1.29 is 4.79 Å². The van der Waals surface area contributed by atoms with Gasteiger partial charge in [0, 0.05) is 18.6 Å². The van der Waals surface area contributed by atoms with E-state index in [1.165, 1.54) is 45.8 Å². The second-order valence-corrected chi connectivity index (χ2v) is 4.38. The van der Waals surface area contributed by atoms with Crippen molar-refractivity contribution >= 4 is 12.1 Å². The zero-order valence-electron chi connectivity index (χ0n) is 8.62. The quantitative estimate of drug-likeness (QED) is 0.518. The third-order valence-corrected chi connectivity index (χ3v) is 3.34. The predicted octanol–water partition coefficient (Wildman–Crippen LogP) is 0.594. The monoisotopic (exact) mass is 195 g/mol. The molecule has 3 aliphatic rings. The first-order valence-corrected chi connectivity index (χ1v) is 5.23. The Hall–Kier alpha value is -0.900. The van der Waals surface area contributed by atoms with E-state index in [-0.39, 0.29) is 11.3 Å². The Morgan fingerprint density at radius 2 is 1.93 bits per heavy atom. The molecular formula is C10H17N3O. The molecule has 0 aromatic rings. The Kier molecular flexibility index (Phi) is 2.54. The number of amides is 1. The van der Waals surface area contributed by atoms with E-state index in [1.54, 1.807) is 0 Å². The van der Waals surface area contributed by atoms with Crippen molar-refractivity contribution in [3.63, 3.8) is 0 Å². The zero-order valence-corrected chi connectivity index (χ0v) is 8.62. The number of carbonyl (C=O) groups is 1. The molecule has 3 heterocycles. The van der Waals surface area contributed by atoms with Crippen molar-refractivity contribution in [2.45, 2.75) is 26.2 Å². The second kappa shape index (κ2) is 3.69. The van der Waals surface area contributed by atoms with E-state index >= 15 is 0 Å². The first-order chi connectivity index (χ1) is 6.70. The molecule has 0 radical (unpaired) electrons.